The summed E-state index contributed by atoms with van der Waals surface area (Å²) in [6.45, 7) is 0. The van der Waals surface area contributed by atoms with Gasteiger partial charge >= 0.3 is 16.3 Å². The molecule has 0 bridgehead atoms. The maximum atomic E-state index is 12.2. The van der Waals surface area contributed by atoms with Crippen LogP contribution in [0.2, 0.25) is 0 Å². The van der Waals surface area contributed by atoms with Crippen LogP contribution in [0.5, 0.6) is 23.0 Å². The average Bonchev–Trinajstić information content (AvgIpc) is 2.63. The Hall–Kier alpha value is -2.94. The van der Waals surface area contributed by atoms with Crippen LogP contribution in [0, 0.1) is 0 Å². The van der Waals surface area contributed by atoms with Gasteiger partial charge in [-0.15, -0.1) is 0 Å². The number of aromatic hydroxyl groups is 1. The van der Waals surface area contributed by atoms with Crippen LogP contribution in [0.1, 0.15) is 0 Å². The summed E-state index contributed by atoms with van der Waals surface area (Å²) in [6.07, 6.45) is 0. The molecule has 0 aliphatic heterocycles. The quantitative estimate of drug-likeness (QED) is 0.577. The van der Waals surface area contributed by atoms with Crippen molar-refractivity contribution in [3.8, 4) is 23.0 Å². The lowest BCUT2D eigenvalue weighted by atomic mass is 10.3. The van der Waals surface area contributed by atoms with Gasteiger partial charge in [0.05, 0.1) is 0 Å². The van der Waals surface area contributed by atoms with E-state index in [0.29, 0.717) is 16.8 Å². The zero-order chi connectivity index (χ0) is 18.4. The minimum Gasteiger partial charge on any atom is -0.508 e. The van der Waals surface area contributed by atoms with Crippen molar-refractivity contribution < 1.29 is 27.8 Å². The second kappa shape index (κ2) is 8.43. The molecule has 0 saturated heterocycles. The molecule has 26 heavy (non-hydrogen) atoms. The van der Waals surface area contributed by atoms with Gasteiger partial charge in [-0.25, -0.2) is 9.05 Å². The summed E-state index contributed by atoms with van der Waals surface area (Å²) in [5.41, 5.74) is 0. The van der Waals surface area contributed by atoms with E-state index in [4.69, 9.17) is 13.6 Å². The Balaban J connectivity index is 1.63. The average molecular weight is 388 g/mol. The SMILES string of the molecule is O=[P+](Oc1ccccc1)Oc1cccc(O[P+](=O)c2ccc(O)cc2)c1. The van der Waals surface area contributed by atoms with Crippen molar-refractivity contribution in [2.24, 2.45) is 0 Å². The summed E-state index contributed by atoms with van der Waals surface area (Å²) in [4.78, 5) is 0. The molecule has 0 saturated carbocycles. The molecule has 0 aliphatic carbocycles. The number of hydrogen-bond acceptors (Lipinski definition) is 6. The van der Waals surface area contributed by atoms with E-state index in [2.05, 4.69) is 0 Å². The van der Waals surface area contributed by atoms with E-state index < -0.39 is 16.3 Å². The third-order valence-corrected chi connectivity index (χ3v) is 4.97. The Kier molecular flexibility index (Phi) is 5.80. The fourth-order valence-electron chi connectivity index (χ4n) is 1.98. The molecular formula is C18H14O6P2+2. The number of rotatable bonds is 7. The minimum absolute atomic E-state index is 0.0785. The molecule has 2 unspecified atom stereocenters. The molecule has 0 aromatic heterocycles. The Morgan fingerprint density at radius 1 is 0.654 bits per heavy atom. The highest BCUT2D eigenvalue weighted by Gasteiger charge is 2.27. The third-order valence-electron chi connectivity index (χ3n) is 3.16. The molecule has 0 radical (unpaired) electrons. The highest BCUT2D eigenvalue weighted by Crippen LogP contribution is 2.34. The summed E-state index contributed by atoms with van der Waals surface area (Å²) < 4.78 is 40.0. The van der Waals surface area contributed by atoms with E-state index in [9.17, 15) is 14.2 Å². The Morgan fingerprint density at radius 2 is 1.23 bits per heavy atom. The Bertz CT molecular complexity index is 912. The van der Waals surface area contributed by atoms with Crippen molar-refractivity contribution in [1.29, 1.82) is 0 Å². The van der Waals surface area contributed by atoms with Crippen LogP contribution in [0.4, 0.5) is 0 Å². The minimum atomic E-state index is -2.42. The molecule has 0 spiro atoms. The fourth-order valence-corrected chi connectivity index (χ4v) is 3.40. The van der Waals surface area contributed by atoms with Crippen molar-refractivity contribution in [3.63, 3.8) is 0 Å². The predicted octanol–water partition coefficient (Wildman–Crippen LogP) is 4.95. The van der Waals surface area contributed by atoms with Gasteiger partial charge in [-0.3, -0.25) is 4.52 Å². The van der Waals surface area contributed by atoms with E-state index in [1.54, 1.807) is 42.5 Å². The van der Waals surface area contributed by atoms with Crippen molar-refractivity contribution >= 4 is 21.6 Å². The molecule has 8 heteroatoms. The topological polar surface area (TPSA) is 82.1 Å². The first-order valence-corrected chi connectivity index (χ1v) is 9.80. The molecule has 6 nitrogen and oxygen atoms in total. The largest absolute Gasteiger partial charge is 0.805 e. The Morgan fingerprint density at radius 3 is 1.92 bits per heavy atom. The normalized spacial score (nSPS) is 11.4. The molecule has 3 aromatic rings. The lowest BCUT2D eigenvalue weighted by Crippen LogP contribution is -1.98. The van der Waals surface area contributed by atoms with Crippen LogP contribution in [0.25, 0.3) is 0 Å². The van der Waals surface area contributed by atoms with Gasteiger partial charge in [0.2, 0.25) is 5.30 Å². The van der Waals surface area contributed by atoms with Gasteiger partial charge in [0.1, 0.15) is 5.75 Å². The number of phenolic OH excluding ortho intramolecular Hbond substituents is 1. The number of benzene rings is 3. The lowest BCUT2D eigenvalue weighted by molar-refractivity contribution is 0.415. The molecule has 0 amide bonds. The zero-order valence-electron chi connectivity index (χ0n) is 13.4. The van der Waals surface area contributed by atoms with E-state index in [1.165, 1.54) is 30.3 Å². The van der Waals surface area contributed by atoms with Crippen LogP contribution >= 0.6 is 16.3 Å². The third kappa shape index (κ3) is 5.03. The molecule has 130 valence electrons. The van der Waals surface area contributed by atoms with Gasteiger partial charge < -0.3 is 5.11 Å². The molecule has 2 atom stereocenters. The summed E-state index contributed by atoms with van der Waals surface area (Å²) in [5.74, 6) is 1.06. The van der Waals surface area contributed by atoms with Crippen molar-refractivity contribution in [3.05, 3.63) is 78.9 Å². The van der Waals surface area contributed by atoms with Gasteiger partial charge in [0.25, 0.3) is 0 Å². The van der Waals surface area contributed by atoms with Crippen LogP contribution < -0.4 is 18.9 Å². The summed E-state index contributed by atoms with van der Waals surface area (Å²) in [7, 11) is -4.58. The molecular weight excluding hydrogens is 374 g/mol. The van der Waals surface area contributed by atoms with Gasteiger partial charge in [-0.2, -0.15) is 0 Å². The zero-order valence-corrected chi connectivity index (χ0v) is 15.2. The van der Waals surface area contributed by atoms with Crippen molar-refractivity contribution in [1.82, 2.24) is 0 Å². The second-order valence-corrected chi connectivity index (χ2v) is 7.08. The summed E-state index contributed by atoms with van der Waals surface area (Å²) in [5, 5.41) is 9.70. The van der Waals surface area contributed by atoms with Crippen molar-refractivity contribution in [2.75, 3.05) is 0 Å². The van der Waals surface area contributed by atoms with Gasteiger partial charge in [-0.05, 0) is 53.1 Å². The van der Waals surface area contributed by atoms with Crippen LogP contribution in [0.15, 0.2) is 78.9 Å². The molecule has 0 aliphatic rings. The fraction of sp³-hybridized carbons (Fsp3) is 0. The first kappa shape index (κ1) is 17.9. The first-order valence-electron chi connectivity index (χ1n) is 7.53. The highest BCUT2D eigenvalue weighted by atomic mass is 31.1. The van der Waals surface area contributed by atoms with Gasteiger partial charge in [0, 0.05) is 10.6 Å². The first-order chi connectivity index (χ1) is 12.6. The lowest BCUT2D eigenvalue weighted by Gasteiger charge is -1.97. The number of para-hydroxylation sites is 1. The van der Waals surface area contributed by atoms with Crippen LogP contribution in [0.3, 0.4) is 0 Å². The molecule has 1 N–H and O–H groups in total. The number of phenols is 1. The van der Waals surface area contributed by atoms with E-state index in [-0.39, 0.29) is 11.5 Å². The molecule has 0 heterocycles. The molecule has 3 aromatic carbocycles. The maximum Gasteiger partial charge on any atom is 0.805 e. The maximum absolute atomic E-state index is 12.2. The van der Waals surface area contributed by atoms with E-state index in [1.807, 2.05) is 6.07 Å². The van der Waals surface area contributed by atoms with Crippen LogP contribution in [-0.4, -0.2) is 5.11 Å². The Labute approximate surface area is 151 Å². The highest BCUT2D eigenvalue weighted by molar-refractivity contribution is 7.48. The van der Waals surface area contributed by atoms with Gasteiger partial charge in [-0.1, -0.05) is 24.3 Å². The second-order valence-electron chi connectivity index (χ2n) is 5.06. The van der Waals surface area contributed by atoms with Crippen molar-refractivity contribution in [2.45, 2.75) is 0 Å². The van der Waals surface area contributed by atoms with Crippen LogP contribution in [-0.2, 0) is 9.13 Å². The van der Waals surface area contributed by atoms with Gasteiger partial charge in [0.15, 0.2) is 17.2 Å². The molecule has 3 rings (SSSR count). The van der Waals surface area contributed by atoms with E-state index >= 15 is 0 Å². The smallest absolute Gasteiger partial charge is 0.508 e. The summed E-state index contributed by atoms with van der Waals surface area (Å²) >= 11 is 0. The number of hydrogen-bond donors (Lipinski definition) is 1. The summed E-state index contributed by atoms with van der Waals surface area (Å²) in [6, 6.07) is 20.8. The monoisotopic (exact) mass is 388 g/mol. The predicted molar refractivity (Wildman–Crippen MR) is 97.7 cm³/mol. The standard InChI is InChI=1S/C18H13O6P2/c19-14-9-11-18(12-10-14)25(20)22-16-7-4-8-17(13-16)24-26(21)23-15-5-2-1-3-6-15/h1-13H/q+1/p+1. The van der Waals surface area contributed by atoms with E-state index in [0.717, 1.165) is 0 Å². The molecule has 0 fully saturated rings.